The maximum atomic E-state index is 12.7. The molecule has 21 heavy (non-hydrogen) atoms. The van der Waals surface area contributed by atoms with E-state index in [0.717, 1.165) is 22.1 Å². The van der Waals surface area contributed by atoms with Crippen LogP contribution in [0.2, 0.25) is 0 Å². The van der Waals surface area contributed by atoms with Gasteiger partial charge in [0.25, 0.3) is 5.91 Å². The highest BCUT2D eigenvalue weighted by Crippen LogP contribution is 2.34. The summed E-state index contributed by atoms with van der Waals surface area (Å²) >= 11 is 3.51. The molecule has 0 radical (unpaired) electrons. The van der Waals surface area contributed by atoms with E-state index in [4.69, 9.17) is 11.0 Å². The van der Waals surface area contributed by atoms with Gasteiger partial charge in [-0.05, 0) is 42.3 Å². The Bertz CT molecular complexity index is 780. The van der Waals surface area contributed by atoms with Crippen molar-refractivity contribution in [3.8, 4) is 6.07 Å². The van der Waals surface area contributed by atoms with Crippen molar-refractivity contribution in [1.82, 2.24) is 0 Å². The Morgan fingerprint density at radius 3 is 2.90 bits per heavy atom. The van der Waals surface area contributed by atoms with Crippen molar-refractivity contribution in [2.24, 2.45) is 0 Å². The molecule has 0 atom stereocenters. The number of nitrogen functional groups attached to an aromatic ring is 1. The highest BCUT2D eigenvalue weighted by atomic mass is 79.9. The van der Waals surface area contributed by atoms with Crippen LogP contribution >= 0.6 is 15.9 Å². The standard InChI is InChI=1S/C16H12BrN3O/c17-13-2-1-3-15-12(13)6-7-20(15)16(21)10-4-5-14(19)11(8-10)9-18/h1-5,8H,6-7,19H2. The SMILES string of the molecule is N#Cc1cc(C(=O)N2CCc3c(Br)cccc32)ccc1N. The number of rotatable bonds is 1. The molecule has 0 fully saturated rings. The zero-order chi connectivity index (χ0) is 15.0. The number of hydrogen-bond acceptors (Lipinski definition) is 3. The number of carbonyl (C=O) groups is 1. The van der Waals surface area contributed by atoms with Gasteiger partial charge in [-0.2, -0.15) is 5.26 Å². The average Bonchev–Trinajstić information content (AvgIpc) is 2.92. The lowest BCUT2D eigenvalue weighted by atomic mass is 10.1. The summed E-state index contributed by atoms with van der Waals surface area (Å²) in [7, 11) is 0. The summed E-state index contributed by atoms with van der Waals surface area (Å²) in [5.41, 5.74) is 8.95. The third kappa shape index (κ3) is 2.28. The molecule has 1 heterocycles. The summed E-state index contributed by atoms with van der Waals surface area (Å²) in [5.74, 6) is -0.108. The first kappa shape index (κ1) is 13.7. The number of benzene rings is 2. The van der Waals surface area contributed by atoms with Gasteiger partial charge in [-0.15, -0.1) is 0 Å². The molecule has 0 spiro atoms. The van der Waals surface area contributed by atoms with Crippen LogP contribution in [0.4, 0.5) is 11.4 Å². The fourth-order valence-electron chi connectivity index (χ4n) is 2.54. The van der Waals surface area contributed by atoms with E-state index in [1.165, 1.54) is 0 Å². The van der Waals surface area contributed by atoms with Crippen LogP contribution in [0.15, 0.2) is 40.9 Å². The monoisotopic (exact) mass is 341 g/mol. The molecular formula is C16H12BrN3O. The number of nitriles is 1. The predicted molar refractivity (Wildman–Crippen MR) is 85.1 cm³/mol. The number of anilines is 2. The summed E-state index contributed by atoms with van der Waals surface area (Å²) in [6.07, 6.45) is 0.822. The van der Waals surface area contributed by atoms with Gasteiger partial charge in [0.2, 0.25) is 0 Å². The van der Waals surface area contributed by atoms with Crippen molar-refractivity contribution >= 4 is 33.2 Å². The molecule has 0 aliphatic carbocycles. The molecule has 0 aromatic heterocycles. The second kappa shape index (κ2) is 5.23. The second-order valence-corrected chi connectivity index (χ2v) is 5.71. The Morgan fingerprint density at radius 2 is 2.14 bits per heavy atom. The molecule has 1 aliphatic rings. The predicted octanol–water partition coefficient (Wildman–Crippen LogP) is 3.11. The molecular weight excluding hydrogens is 330 g/mol. The third-order valence-electron chi connectivity index (χ3n) is 3.64. The lowest BCUT2D eigenvalue weighted by Crippen LogP contribution is -2.28. The number of halogens is 1. The van der Waals surface area contributed by atoms with Crippen molar-refractivity contribution < 1.29 is 4.79 Å². The van der Waals surface area contributed by atoms with Crippen molar-refractivity contribution in [1.29, 1.82) is 5.26 Å². The average molecular weight is 342 g/mol. The molecule has 0 bridgehead atoms. The van der Waals surface area contributed by atoms with Crippen LogP contribution in [0.3, 0.4) is 0 Å². The van der Waals surface area contributed by atoms with Crippen LogP contribution in [0, 0.1) is 11.3 Å². The lowest BCUT2D eigenvalue weighted by Gasteiger charge is -2.18. The minimum absolute atomic E-state index is 0.108. The zero-order valence-electron chi connectivity index (χ0n) is 11.1. The van der Waals surface area contributed by atoms with Crippen molar-refractivity contribution in [2.45, 2.75) is 6.42 Å². The van der Waals surface area contributed by atoms with Crippen LogP contribution in [0.5, 0.6) is 0 Å². The minimum Gasteiger partial charge on any atom is -0.398 e. The van der Waals surface area contributed by atoms with E-state index < -0.39 is 0 Å². The Kier molecular flexibility index (Phi) is 3.40. The molecule has 4 nitrogen and oxygen atoms in total. The van der Waals surface area contributed by atoms with E-state index in [-0.39, 0.29) is 5.91 Å². The number of hydrogen-bond donors (Lipinski definition) is 1. The largest absolute Gasteiger partial charge is 0.398 e. The van der Waals surface area contributed by atoms with Crippen LogP contribution in [-0.4, -0.2) is 12.5 Å². The Labute approximate surface area is 130 Å². The Balaban J connectivity index is 1.99. The van der Waals surface area contributed by atoms with Gasteiger partial charge in [0.1, 0.15) is 6.07 Å². The first-order chi connectivity index (χ1) is 10.1. The molecule has 5 heteroatoms. The first-order valence-corrected chi connectivity index (χ1v) is 7.30. The van der Waals surface area contributed by atoms with E-state index in [1.807, 2.05) is 24.3 Å². The van der Waals surface area contributed by atoms with Gasteiger partial charge in [0.15, 0.2) is 0 Å². The number of nitrogens with zero attached hydrogens (tertiary/aromatic N) is 2. The third-order valence-corrected chi connectivity index (χ3v) is 4.38. The summed E-state index contributed by atoms with van der Waals surface area (Å²) in [6.45, 7) is 0.642. The fourth-order valence-corrected chi connectivity index (χ4v) is 3.10. The van der Waals surface area contributed by atoms with Gasteiger partial charge in [-0.1, -0.05) is 22.0 Å². The Morgan fingerprint density at radius 1 is 1.33 bits per heavy atom. The number of carbonyl (C=O) groups excluding carboxylic acids is 1. The van der Waals surface area contributed by atoms with Crippen LogP contribution in [-0.2, 0) is 6.42 Å². The summed E-state index contributed by atoms with van der Waals surface area (Å²) in [4.78, 5) is 14.4. The van der Waals surface area contributed by atoms with Gasteiger partial charge < -0.3 is 10.6 Å². The maximum Gasteiger partial charge on any atom is 0.258 e. The van der Waals surface area contributed by atoms with E-state index >= 15 is 0 Å². The van der Waals surface area contributed by atoms with Crippen LogP contribution in [0.25, 0.3) is 0 Å². The summed E-state index contributed by atoms with van der Waals surface area (Å²) in [6, 6.07) is 12.6. The normalized spacial score (nSPS) is 12.9. The maximum absolute atomic E-state index is 12.7. The molecule has 0 unspecified atom stereocenters. The van der Waals surface area contributed by atoms with Gasteiger partial charge in [-0.25, -0.2) is 0 Å². The molecule has 2 aromatic carbocycles. The molecule has 1 aliphatic heterocycles. The second-order valence-electron chi connectivity index (χ2n) is 4.86. The number of nitrogens with two attached hydrogens (primary N) is 1. The summed E-state index contributed by atoms with van der Waals surface area (Å²) in [5, 5.41) is 9.02. The van der Waals surface area contributed by atoms with Crippen molar-refractivity contribution in [2.75, 3.05) is 17.2 Å². The highest BCUT2D eigenvalue weighted by Gasteiger charge is 2.27. The van der Waals surface area contributed by atoms with E-state index in [1.54, 1.807) is 23.1 Å². The molecule has 2 aromatic rings. The number of fused-ring (bicyclic) bond motifs is 1. The quantitative estimate of drug-likeness (QED) is 0.810. The lowest BCUT2D eigenvalue weighted by molar-refractivity contribution is 0.0989. The summed E-state index contributed by atoms with van der Waals surface area (Å²) < 4.78 is 1.02. The number of amides is 1. The van der Waals surface area contributed by atoms with Gasteiger partial charge in [-0.3, -0.25) is 4.79 Å². The van der Waals surface area contributed by atoms with Crippen molar-refractivity contribution in [3.05, 3.63) is 57.6 Å². The highest BCUT2D eigenvalue weighted by molar-refractivity contribution is 9.10. The van der Waals surface area contributed by atoms with Gasteiger partial charge in [0.05, 0.1) is 5.56 Å². The molecule has 2 N–H and O–H groups in total. The van der Waals surface area contributed by atoms with Crippen LogP contribution < -0.4 is 10.6 Å². The fraction of sp³-hybridized carbons (Fsp3) is 0.125. The van der Waals surface area contributed by atoms with Gasteiger partial charge in [0, 0.05) is 28.0 Å². The van der Waals surface area contributed by atoms with Crippen LogP contribution in [0.1, 0.15) is 21.5 Å². The molecule has 0 saturated heterocycles. The Hall–Kier alpha value is -2.32. The smallest absolute Gasteiger partial charge is 0.258 e. The molecule has 3 rings (SSSR count). The van der Waals surface area contributed by atoms with Gasteiger partial charge >= 0.3 is 0 Å². The van der Waals surface area contributed by atoms with Crippen molar-refractivity contribution in [3.63, 3.8) is 0 Å². The van der Waals surface area contributed by atoms with E-state index in [0.29, 0.717) is 23.4 Å². The minimum atomic E-state index is -0.108. The van der Waals surface area contributed by atoms with E-state index in [9.17, 15) is 4.79 Å². The molecule has 0 saturated carbocycles. The topological polar surface area (TPSA) is 70.1 Å². The molecule has 1 amide bonds. The molecule has 104 valence electrons. The zero-order valence-corrected chi connectivity index (χ0v) is 12.7. The van der Waals surface area contributed by atoms with E-state index in [2.05, 4.69) is 15.9 Å². The first-order valence-electron chi connectivity index (χ1n) is 6.50.